The van der Waals surface area contributed by atoms with E-state index >= 15 is 0 Å². The van der Waals surface area contributed by atoms with Crippen molar-refractivity contribution in [1.82, 2.24) is 24.6 Å². The molecule has 1 saturated heterocycles. The van der Waals surface area contributed by atoms with Gasteiger partial charge in [0.1, 0.15) is 17.8 Å². The molecular weight excluding hydrogens is 458 g/mol. The van der Waals surface area contributed by atoms with Crippen molar-refractivity contribution in [1.29, 1.82) is 0 Å². The van der Waals surface area contributed by atoms with E-state index in [1.54, 1.807) is 18.2 Å². The van der Waals surface area contributed by atoms with Crippen LogP contribution in [0.5, 0.6) is 0 Å². The molecule has 1 amide bonds. The summed E-state index contributed by atoms with van der Waals surface area (Å²) in [5.41, 5.74) is 0.358. The average Bonchev–Trinajstić information content (AvgIpc) is 3.27. The Morgan fingerprint density at radius 1 is 1.12 bits per heavy atom. The molecule has 1 unspecified atom stereocenters. The molecule has 11 heteroatoms. The SMILES string of the molecule is O=C(NCc1cc(-c2ccc(C(F)(F)F)nc2)ncn1)C1CCCN1Sc1ccc(F)cc1. The minimum Gasteiger partial charge on any atom is -0.349 e. The van der Waals surface area contributed by atoms with Gasteiger partial charge in [-0.2, -0.15) is 13.2 Å². The van der Waals surface area contributed by atoms with Gasteiger partial charge in [-0.3, -0.25) is 9.78 Å². The Morgan fingerprint density at radius 2 is 1.91 bits per heavy atom. The summed E-state index contributed by atoms with van der Waals surface area (Å²) in [4.78, 5) is 25.3. The summed E-state index contributed by atoms with van der Waals surface area (Å²) in [6, 6.07) is 9.57. The van der Waals surface area contributed by atoms with Crippen molar-refractivity contribution in [2.45, 2.75) is 36.5 Å². The number of amides is 1. The number of alkyl halides is 3. The third-order valence-electron chi connectivity index (χ3n) is 5.06. The maximum absolute atomic E-state index is 13.1. The molecular formula is C22H19F4N5OS. The molecule has 3 aromatic rings. The van der Waals surface area contributed by atoms with E-state index in [2.05, 4.69) is 20.3 Å². The van der Waals surface area contributed by atoms with Crippen molar-refractivity contribution < 1.29 is 22.4 Å². The standard InChI is InChI=1S/C22H19F4N5OS/c23-15-4-6-17(7-5-15)33-31-9-1-2-19(31)21(32)28-12-16-10-18(30-13-29-16)14-3-8-20(27-11-14)22(24,25)26/h3-8,10-11,13,19H,1-2,9,12H2,(H,28,32). The van der Waals surface area contributed by atoms with Crippen LogP contribution in [0.1, 0.15) is 24.2 Å². The fourth-order valence-electron chi connectivity index (χ4n) is 3.40. The summed E-state index contributed by atoms with van der Waals surface area (Å²) in [5.74, 6) is -0.468. The molecule has 1 fully saturated rings. The number of carbonyl (C=O) groups excluding carboxylic acids is 1. The van der Waals surface area contributed by atoms with Crippen LogP contribution in [0, 0.1) is 5.82 Å². The van der Waals surface area contributed by atoms with Crippen LogP contribution in [0.2, 0.25) is 0 Å². The first-order valence-electron chi connectivity index (χ1n) is 10.1. The summed E-state index contributed by atoms with van der Waals surface area (Å²) >= 11 is 1.41. The number of halogens is 4. The zero-order valence-electron chi connectivity index (χ0n) is 17.2. The largest absolute Gasteiger partial charge is 0.433 e. The number of benzene rings is 1. The highest BCUT2D eigenvalue weighted by atomic mass is 32.2. The van der Waals surface area contributed by atoms with E-state index < -0.39 is 11.9 Å². The smallest absolute Gasteiger partial charge is 0.349 e. The highest BCUT2D eigenvalue weighted by Crippen LogP contribution is 2.31. The third kappa shape index (κ3) is 5.85. The van der Waals surface area contributed by atoms with E-state index in [1.165, 1.54) is 36.5 Å². The van der Waals surface area contributed by atoms with Crippen molar-refractivity contribution >= 4 is 17.9 Å². The van der Waals surface area contributed by atoms with Crippen LogP contribution in [0.3, 0.4) is 0 Å². The quantitative estimate of drug-likeness (QED) is 0.417. The van der Waals surface area contributed by atoms with Crippen LogP contribution in [-0.2, 0) is 17.5 Å². The van der Waals surface area contributed by atoms with Gasteiger partial charge in [-0.05, 0) is 67.3 Å². The lowest BCUT2D eigenvalue weighted by Crippen LogP contribution is -2.40. The first-order chi connectivity index (χ1) is 15.8. The van der Waals surface area contributed by atoms with Crippen molar-refractivity contribution in [3.63, 3.8) is 0 Å². The van der Waals surface area contributed by atoms with Crippen LogP contribution >= 0.6 is 11.9 Å². The molecule has 0 bridgehead atoms. The number of nitrogens with zero attached hydrogens (tertiary/aromatic N) is 4. The van der Waals surface area contributed by atoms with Crippen molar-refractivity contribution in [2.75, 3.05) is 6.54 Å². The molecule has 1 N–H and O–H groups in total. The zero-order chi connectivity index (χ0) is 23.4. The number of rotatable bonds is 6. The predicted octanol–water partition coefficient (Wildman–Crippen LogP) is 4.48. The van der Waals surface area contributed by atoms with Gasteiger partial charge < -0.3 is 5.32 Å². The highest BCUT2D eigenvalue weighted by Gasteiger charge is 2.32. The van der Waals surface area contributed by atoms with Crippen LogP contribution in [0.25, 0.3) is 11.3 Å². The Balaban J connectivity index is 1.37. The van der Waals surface area contributed by atoms with Gasteiger partial charge >= 0.3 is 6.18 Å². The molecule has 0 radical (unpaired) electrons. The molecule has 33 heavy (non-hydrogen) atoms. The first-order valence-corrected chi connectivity index (χ1v) is 10.9. The maximum Gasteiger partial charge on any atom is 0.433 e. The highest BCUT2D eigenvalue weighted by molar-refractivity contribution is 7.97. The molecule has 6 nitrogen and oxygen atoms in total. The zero-order valence-corrected chi connectivity index (χ0v) is 18.0. The molecule has 0 spiro atoms. The Hall–Kier alpha value is -3.05. The second kappa shape index (κ2) is 9.84. The van der Waals surface area contributed by atoms with Gasteiger partial charge in [-0.25, -0.2) is 18.7 Å². The number of hydrogen-bond donors (Lipinski definition) is 1. The molecule has 0 aliphatic carbocycles. The topological polar surface area (TPSA) is 71.0 Å². The molecule has 1 aliphatic rings. The van der Waals surface area contributed by atoms with Crippen LogP contribution in [0.15, 0.2) is 59.9 Å². The third-order valence-corrected chi connectivity index (χ3v) is 6.21. The monoisotopic (exact) mass is 477 g/mol. The van der Waals surface area contributed by atoms with Crippen molar-refractivity contribution in [3.05, 3.63) is 72.2 Å². The van der Waals surface area contributed by atoms with E-state index in [9.17, 15) is 22.4 Å². The Bertz CT molecular complexity index is 1110. The fraction of sp³-hybridized carbons (Fsp3) is 0.273. The summed E-state index contributed by atoms with van der Waals surface area (Å²) in [6.07, 6.45) is -0.544. The van der Waals surface area contributed by atoms with Gasteiger partial charge in [-0.1, -0.05) is 0 Å². The van der Waals surface area contributed by atoms with Crippen LogP contribution < -0.4 is 5.32 Å². The minimum absolute atomic E-state index is 0.147. The lowest BCUT2D eigenvalue weighted by molar-refractivity contribution is -0.141. The summed E-state index contributed by atoms with van der Waals surface area (Å²) in [6.45, 7) is 0.882. The second-order valence-corrected chi connectivity index (χ2v) is 8.51. The fourth-order valence-corrected chi connectivity index (χ4v) is 4.48. The molecule has 4 rings (SSSR count). The minimum atomic E-state index is -4.51. The molecule has 1 aliphatic heterocycles. The number of pyridine rings is 1. The number of nitrogens with one attached hydrogen (secondary N) is 1. The predicted molar refractivity (Wildman–Crippen MR) is 114 cm³/mol. The second-order valence-electron chi connectivity index (χ2n) is 7.39. The lowest BCUT2D eigenvalue weighted by Gasteiger charge is -2.22. The van der Waals surface area contributed by atoms with Gasteiger partial charge in [0.05, 0.1) is 24.0 Å². The van der Waals surface area contributed by atoms with Gasteiger partial charge in [0.2, 0.25) is 5.91 Å². The molecule has 2 aromatic heterocycles. The Kier molecular flexibility index (Phi) is 6.89. The number of carbonyl (C=O) groups is 1. The maximum atomic E-state index is 13.1. The number of hydrogen-bond acceptors (Lipinski definition) is 6. The first kappa shape index (κ1) is 23.1. The van der Waals surface area contributed by atoms with Gasteiger partial charge in [0, 0.05) is 23.2 Å². The van der Waals surface area contributed by atoms with Crippen LogP contribution in [0.4, 0.5) is 17.6 Å². The summed E-state index contributed by atoms with van der Waals surface area (Å²) in [7, 11) is 0. The summed E-state index contributed by atoms with van der Waals surface area (Å²) in [5, 5.41) is 2.86. The molecule has 172 valence electrons. The van der Waals surface area contributed by atoms with E-state index in [0.717, 1.165) is 30.1 Å². The molecule has 3 heterocycles. The Labute approximate surface area is 191 Å². The van der Waals surface area contributed by atoms with E-state index in [4.69, 9.17) is 0 Å². The molecule has 1 atom stereocenters. The lowest BCUT2D eigenvalue weighted by atomic mass is 10.1. The number of aromatic nitrogens is 3. The Morgan fingerprint density at radius 3 is 2.61 bits per heavy atom. The van der Waals surface area contributed by atoms with Gasteiger partial charge in [0.15, 0.2) is 0 Å². The van der Waals surface area contributed by atoms with E-state index in [-0.39, 0.29) is 24.3 Å². The van der Waals surface area contributed by atoms with Gasteiger partial charge in [0.25, 0.3) is 0 Å². The summed E-state index contributed by atoms with van der Waals surface area (Å²) < 4.78 is 53.2. The van der Waals surface area contributed by atoms with E-state index in [1.807, 2.05) is 4.31 Å². The normalized spacial score (nSPS) is 16.7. The van der Waals surface area contributed by atoms with Crippen LogP contribution in [-0.4, -0.2) is 37.8 Å². The van der Waals surface area contributed by atoms with Crippen molar-refractivity contribution in [3.8, 4) is 11.3 Å². The van der Waals surface area contributed by atoms with Crippen molar-refractivity contribution in [2.24, 2.45) is 0 Å². The molecule has 0 saturated carbocycles. The van der Waals surface area contributed by atoms with E-state index in [0.29, 0.717) is 23.4 Å². The average molecular weight is 477 g/mol. The molecule has 1 aromatic carbocycles. The van der Waals surface area contributed by atoms with Gasteiger partial charge in [-0.15, -0.1) is 0 Å².